The Kier molecular flexibility index (Phi) is 5.83. The molecule has 5 rings (SSSR count). The van der Waals surface area contributed by atoms with Crippen LogP contribution in [-0.2, 0) is 4.79 Å². The van der Waals surface area contributed by atoms with Crippen molar-refractivity contribution in [3.05, 3.63) is 83.9 Å². The summed E-state index contributed by atoms with van der Waals surface area (Å²) in [7, 11) is 1.63. The minimum atomic E-state index is -0.283. The van der Waals surface area contributed by atoms with E-state index in [1.807, 2.05) is 67.6 Å². The Labute approximate surface area is 195 Å². The molecule has 1 aliphatic heterocycles. The van der Waals surface area contributed by atoms with E-state index < -0.39 is 0 Å². The Morgan fingerprint density at radius 3 is 2.55 bits per heavy atom. The predicted octanol–water partition coefficient (Wildman–Crippen LogP) is 5.01. The SMILES string of the molecule is COc1ccc(C2=NN(C(=O)CSc3nc4ccccc4nc3C)C(c3ccco3)C2)cc1. The molecule has 2 aromatic heterocycles. The van der Waals surface area contributed by atoms with Gasteiger partial charge in [-0.2, -0.15) is 5.10 Å². The number of thioether (sulfide) groups is 1. The van der Waals surface area contributed by atoms with Gasteiger partial charge in [0.15, 0.2) is 0 Å². The van der Waals surface area contributed by atoms with Crippen LogP contribution in [0.25, 0.3) is 11.0 Å². The normalized spacial score (nSPS) is 15.6. The third-order valence-electron chi connectivity index (χ3n) is 5.49. The number of furan rings is 1. The van der Waals surface area contributed by atoms with Gasteiger partial charge < -0.3 is 9.15 Å². The van der Waals surface area contributed by atoms with Crippen molar-refractivity contribution >= 4 is 34.4 Å². The highest BCUT2D eigenvalue weighted by Crippen LogP contribution is 2.34. The second-order valence-electron chi connectivity index (χ2n) is 7.64. The standard InChI is InChI=1S/C25H22N4O3S/c1-16-25(27-20-7-4-3-6-19(20)26-16)33-15-24(30)29-22(23-8-5-13-32-23)14-21(28-29)17-9-11-18(31-2)12-10-17/h3-13,22H,14-15H2,1-2H3. The largest absolute Gasteiger partial charge is 0.497 e. The molecule has 0 aliphatic carbocycles. The number of rotatable bonds is 6. The molecule has 4 aromatic rings. The lowest BCUT2D eigenvalue weighted by Crippen LogP contribution is -2.28. The maximum Gasteiger partial charge on any atom is 0.253 e. The second-order valence-corrected chi connectivity index (χ2v) is 8.60. The molecule has 1 atom stereocenters. The highest BCUT2D eigenvalue weighted by molar-refractivity contribution is 7.99. The van der Waals surface area contributed by atoms with Gasteiger partial charge in [0.05, 0.1) is 41.6 Å². The number of hydrogen-bond acceptors (Lipinski definition) is 7. The fourth-order valence-electron chi connectivity index (χ4n) is 3.81. The summed E-state index contributed by atoms with van der Waals surface area (Å²) < 4.78 is 10.9. The fourth-order valence-corrected chi connectivity index (χ4v) is 4.62. The number of hydrogen-bond donors (Lipinski definition) is 0. The van der Waals surface area contributed by atoms with Crippen LogP contribution in [0, 0.1) is 6.92 Å². The van der Waals surface area contributed by atoms with E-state index in [9.17, 15) is 4.79 Å². The fraction of sp³-hybridized carbons (Fsp3) is 0.200. The molecule has 1 amide bonds. The quantitative estimate of drug-likeness (QED) is 0.378. The van der Waals surface area contributed by atoms with Gasteiger partial charge in [0.25, 0.3) is 5.91 Å². The first-order valence-corrected chi connectivity index (χ1v) is 11.5. The average molecular weight is 459 g/mol. The van der Waals surface area contributed by atoms with Crippen molar-refractivity contribution in [3.8, 4) is 5.75 Å². The molecule has 0 spiro atoms. The number of aryl methyl sites for hydroxylation is 1. The van der Waals surface area contributed by atoms with Gasteiger partial charge in [-0.1, -0.05) is 23.9 Å². The molecule has 8 heteroatoms. The van der Waals surface area contributed by atoms with E-state index in [1.54, 1.807) is 13.4 Å². The molecule has 7 nitrogen and oxygen atoms in total. The maximum absolute atomic E-state index is 13.3. The Morgan fingerprint density at radius 1 is 1.09 bits per heavy atom. The number of amides is 1. The molecule has 1 aliphatic rings. The van der Waals surface area contributed by atoms with Crippen LogP contribution >= 0.6 is 11.8 Å². The van der Waals surface area contributed by atoms with Crippen molar-refractivity contribution in [3.63, 3.8) is 0 Å². The zero-order chi connectivity index (χ0) is 22.8. The number of ether oxygens (including phenoxy) is 1. The molecule has 2 aromatic carbocycles. The summed E-state index contributed by atoms with van der Waals surface area (Å²) in [5.74, 6) is 1.57. The molecular weight excluding hydrogens is 436 g/mol. The number of para-hydroxylation sites is 2. The van der Waals surface area contributed by atoms with E-state index in [0.29, 0.717) is 12.2 Å². The predicted molar refractivity (Wildman–Crippen MR) is 127 cm³/mol. The summed E-state index contributed by atoms with van der Waals surface area (Å²) in [5.41, 5.74) is 4.24. The molecule has 0 fully saturated rings. The Hall–Kier alpha value is -3.65. The zero-order valence-electron chi connectivity index (χ0n) is 18.3. The lowest BCUT2D eigenvalue weighted by atomic mass is 10.0. The van der Waals surface area contributed by atoms with E-state index in [1.165, 1.54) is 16.8 Å². The van der Waals surface area contributed by atoms with Crippen molar-refractivity contribution < 1.29 is 13.9 Å². The van der Waals surface area contributed by atoms with Crippen LogP contribution in [0.4, 0.5) is 0 Å². The molecule has 0 saturated carbocycles. The molecule has 3 heterocycles. The summed E-state index contributed by atoms with van der Waals surface area (Å²) in [6.07, 6.45) is 2.19. The van der Waals surface area contributed by atoms with Crippen molar-refractivity contribution in [2.75, 3.05) is 12.9 Å². The van der Waals surface area contributed by atoms with Gasteiger partial charge >= 0.3 is 0 Å². The van der Waals surface area contributed by atoms with E-state index in [-0.39, 0.29) is 17.7 Å². The second kappa shape index (κ2) is 9.07. The Balaban J connectivity index is 1.38. The first-order valence-electron chi connectivity index (χ1n) is 10.6. The van der Waals surface area contributed by atoms with E-state index in [2.05, 4.69) is 15.1 Å². The number of carbonyl (C=O) groups is 1. The third kappa shape index (κ3) is 4.34. The number of hydrazone groups is 1. The van der Waals surface area contributed by atoms with Crippen LogP contribution in [0.5, 0.6) is 5.75 Å². The lowest BCUT2D eigenvalue weighted by molar-refractivity contribution is -0.130. The number of methoxy groups -OCH3 is 1. The van der Waals surface area contributed by atoms with Gasteiger partial charge in [-0.05, 0) is 61.0 Å². The number of aromatic nitrogens is 2. The zero-order valence-corrected chi connectivity index (χ0v) is 19.1. The van der Waals surface area contributed by atoms with Gasteiger partial charge in [-0.3, -0.25) is 4.79 Å². The first-order chi connectivity index (χ1) is 16.1. The van der Waals surface area contributed by atoms with Gasteiger partial charge in [0, 0.05) is 6.42 Å². The number of nitrogens with zero attached hydrogens (tertiary/aromatic N) is 4. The average Bonchev–Trinajstić information content (AvgIpc) is 3.53. The smallest absolute Gasteiger partial charge is 0.253 e. The molecule has 0 bridgehead atoms. The van der Waals surface area contributed by atoms with Gasteiger partial charge in [0.1, 0.15) is 22.6 Å². The first kappa shape index (κ1) is 21.2. The highest BCUT2D eigenvalue weighted by atomic mass is 32.2. The van der Waals surface area contributed by atoms with Crippen molar-refractivity contribution in [2.45, 2.75) is 24.4 Å². The van der Waals surface area contributed by atoms with Crippen LogP contribution in [0.15, 0.2) is 81.5 Å². The number of fused-ring (bicyclic) bond motifs is 1. The van der Waals surface area contributed by atoms with E-state index in [4.69, 9.17) is 9.15 Å². The summed E-state index contributed by atoms with van der Waals surface area (Å²) in [5, 5.41) is 6.97. The van der Waals surface area contributed by atoms with Crippen LogP contribution in [0.1, 0.15) is 29.5 Å². The molecule has 0 N–H and O–H groups in total. The topological polar surface area (TPSA) is 80.8 Å². The summed E-state index contributed by atoms with van der Waals surface area (Å²) in [6.45, 7) is 1.91. The van der Waals surface area contributed by atoms with Crippen molar-refractivity contribution in [1.82, 2.24) is 15.0 Å². The van der Waals surface area contributed by atoms with Crippen LogP contribution < -0.4 is 4.74 Å². The van der Waals surface area contributed by atoms with Gasteiger partial charge in [-0.15, -0.1) is 0 Å². The van der Waals surface area contributed by atoms with Crippen LogP contribution in [0.3, 0.4) is 0 Å². The minimum Gasteiger partial charge on any atom is -0.497 e. The summed E-state index contributed by atoms with van der Waals surface area (Å²) in [4.78, 5) is 22.6. The monoisotopic (exact) mass is 458 g/mol. The van der Waals surface area contributed by atoms with Crippen molar-refractivity contribution in [1.29, 1.82) is 0 Å². The molecule has 166 valence electrons. The van der Waals surface area contributed by atoms with E-state index >= 15 is 0 Å². The van der Waals surface area contributed by atoms with Crippen LogP contribution in [-0.4, -0.2) is 39.5 Å². The molecule has 0 saturated heterocycles. The maximum atomic E-state index is 13.3. The molecule has 0 radical (unpaired) electrons. The lowest BCUT2D eigenvalue weighted by Gasteiger charge is -2.19. The number of carbonyl (C=O) groups excluding carboxylic acids is 1. The van der Waals surface area contributed by atoms with Gasteiger partial charge in [-0.25, -0.2) is 15.0 Å². The minimum absolute atomic E-state index is 0.112. The molecular formula is C25H22N4O3S. The molecule has 33 heavy (non-hydrogen) atoms. The van der Waals surface area contributed by atoms with E-state index in [0.717, 1.165) is 38.8 Å². The highest BCUT2D eigenvalue weighted by Gasteiger charge is 2.34. The molecule has 1 unspecified atom stereocenters. The summed E-state index contributed by atoms with van der Waals surface area (Å²) in [6, 6.07) is 18.8. The third-order valence-corrected chi connectivity index (χ3v) is 6.55. The Bertz CT molecular complexity index is 1320. The Morgan fingerprint density at radius 2 is 1.85 bits per heavy atom. The van der Waals surface area contributed by atoms with Crippen LogP contribution in [0.2, 0.25) is 0 Å². The summed E-state index contributed by atoms with van der Waals surface area (Å²) >= 11 is 1.38. The number of benzene rings is 2. The van der Waals surface area contributed by atoms with Crippen molar-refractivity contribution in [2.24, 2.45) is 5.10 Å². The van der Waals surface area contributed by atoms with Gasteiger partial charge in [0.2, 0.25) is 0 Å².